The number of aromatic nitrogens is 1. The van der Waals surface area contributed by atoms with Crippen LogP contribution in [0.4, 0.5) is 5.69 Å². The van der Waals surface area contributed by atoms with Crippen LogP contribution in [0.25, 0.3) is 10.9 Å². The van der Waals surface area contributed by atoms with Crippen molar-refractivity contribution in [3.63, 3.8) is 0 Å². The molecule has 0 aliphatic carbocycles. The number of hydrogen-bond acceptors (Lipinski definition) is 4. The average molecular weight is 427 g/mol. The van der Waals surface area contributed by atoms with Gasteiger partial charge in [-0.3, -0.25) is 4.98 Å². The summed E-state index contributed by atoms with van der Waals surface area (Å²) in [6, 6.07) is 9.30. The first kappa shape index (κ1) is 18.4. The molecule has 1 aromatic carbocycles. The predicted molar refractivity (Wildman–Crippen MR) is 106 cm³/mol. The molecule has 5 heteroatoms. The number of pyridine rings is 1. The quantitative estimate of drug-likeness (QED) is 0.534. The second-order valence-electron chi connectivity index (χ2n) is 6.08. The molecule has 0 spiro atoms. The Morgan fingerprint density at radius 2 is 1.96 bits per heavy atom. The number of hydrogen-bond donors (Lipinski definition) is 3. The van der Waals surface area contributed by atoms with Gasteiger partial charge in [0.2, 0.25) is 0 Å². The molecule has 2 atom stereocenters. The van der Waals surface area contributed by atoms with Crippen molar-refractivity contribution in [1.29, 1.82) is 0 Å². The molecule has 0 amide bonds. The number of rotatable bonds is 9. The highest BCUT2D eigenvalue weighted by Gasteiger charge is 2.08. The van der Waals surface area contributed by atoms with Crippen LogP contribution in [0.5, 0.6) is 0 Å². The van der Waals surface area contributed by atoms with Crippen LogP contribution in [0, 0.1) is 3.57 Å². The van der Waals surface area contributed by atoms with Crippen LogP contribution in [-0.2, 0) is 0 Å². The molecule has 126 valence electrons. The van der Waals surface area contributed by atoms with E-state index in [2.05, 4.69) is 76.3 Å². The van der Waals surface area contributed by atoms with Gasteiger partial charge in [0.25, 0.3) is 0 Å². The minimum atomic E-state index is 0.205. The zero-order valence-electron chi connectivity index (χ0n) is 13.8. The summed E-state index contributed by atoms with van der Waals surface area (Å²) < 4.78 is 1.21. The Balaban J connectivity index is 1.87. The molecular formula is C18H26IN3O. The van der Waals surface area contributed by atoms with Gasteiger partial charge in [-0.2, -0.15) is 0 Å². The summed E-state index contributed by atoms with van der Waals surface area (Å²) in [6.45, 7) is 5.28. The topological polar surface area (TPSA) is 57.2 Å². The third-order valence-corrected chi connectivity index (χ3v) is 4.66. The first-order valence-corrected chi connectivity index (χ1v) is 9.33. The van der Waals surface area contributed by atoms with Crippen LogP contribution >= 0.6 is 22.6 Å². The van der Waals surface area contributed by atoms with Crippen molar-refractivity contribution in [2.24, 2.45) is 0 Å². The summed E-state index contributed by atoms with van der Waals surface area (Å²) in [5, 5.41) is 16.9. The van der Waals surface area contributed by atoms with Crippen molar-refractivity contribution in [3.8, 4) is 0 Å². The van der Waals surface area contributed by atoms with Gasteiger partial charge in [-0.05, 0) is 80.0 Å². The lowest BCUT2D eigenvalue weighted by molar-refractivity contribution is 0.283. The van der Waals surface area contributed by atoms with Gasteiger partial charge in [0.1, 0.15) is 0 Å². The lowest BCUT2D eigenvalue weighted by atomic mass is 10.1. The molecule has 23 heavy (non-hydrogen) atoms. The standard InChI is InChI=1S/C18H26IN3O/c1-13(20-10-11-23)4-3-5-14(2)22-17-8-9-21-18-12-15(19)6-7-16(17)18/h6-9,12-14,20,23H,3-5,10-11H2,1-2H3,(H,21,22). The van der Waals surface area contributed by atoms with Crippen LogP contribution in [0.15, 0.2) is 30.5 Å². The predicted octanol–water partition coefficient (Wildman–Crippen LogP) is 3.78. The summed E-state index contributed by atoms with van der Waals surface area (Å²) in [5.74, 6) is 0. The van der Waals surface area contributed by atoms with Crippen LogP contribution in [0.3, 0.4) is 0 Å². The van der Waals surface area contributed by atoms with E-state index >= 15 is 0 Å². The average Bonchev–Trinajstić information content (AvgIpc) is 2.52. The van der Waals surface area contributed by atoms with Gasteiger partial charge in [0.05, 0.1) is 12.1 Å². The van der Waals surface area contributed by atoms with Crippen LogP contribution < -0.4 is 10.6 Å². The van der Waals surface area contributed by atoms with Crippen molar-refractivity contribution in [2.45, 2.75) is 45.2 Å². The minimum Gasteiger partial charge on any atom is -0.395 e. The van der Waals surface area contributed by atoms with Gasteiger partial charge in [-0.25, -0.2) is 0 Å². The largest absolute Gasteiger partial charge is 0.395 e. The molecule has 0 bridgehead atoms. The molecule has 3 N–H and O–H groups in total. The highest BCUT2D eigenvalue weighted by molar-refractivity contribution is 14.1. The van der Waals surface area contributed by atoms with Gasteiger partial charge < -0.3 is 15.7 Å². The highest BCUT2D eigenvalue weighted by Crippen LogP contribution is 2.24. The van der Waals surface area contributed by atoms with E-state index in [-0.39, 0.29) is 6.61 Å². The van der Waals surface area contributed by atoms with E-state index < -0.39 is 0 Å². The summed E-state index contributed by atoms with van der Waals surface area (Å²) in [7, 11) is 0. The van der Waals surface area contributed by atoms with Crippen molar-refractivity contribution in [2.75, 3.05) is 18.5 Å². The Morgan fingerprint density at radius 3 is 2.74 bits per heavy atom. The number of nitrogens with one attached hydrogen (secondary N) is 2. The van der Waals surface area contributed by atoms with Crippen LogP contribution in [0.2, 0.25) is 0 Å². The zero-order chi connectivity index (χ0) is 16.7. The van der Waals surface area contributed by atoms with E-state index in [1.54, 1.807) is 0 Å². The Hall–Kier alpha value is -0.920. The molecule has 0 aliphatic rings. The molecule has 2 aromatic rings. The third kappa shape index (κ3) is 5.90. The van der Waals surface area contributed by atoms with Crippen LogP contribution in [-0.4, -0.2) is 35.3 Å². The molecular weight excluding hydrogens is 401 g/mol. The molecule has 2 unspecified atom stereocenters. The molecule has 0 aliphatic heterocycles. The molecule has 4 nitrogen and oxygen atoms in total. The Kier molecular flexibility index (Phi) is 7.52. The minimum absolute atomic E-state index is 0.205. The summed E-state index contributed by atoms with van der Waals surface area (Å²) in [5.41, 5.74) is 2.20. The molecule has 1 aromatic heterocycles. The second-order valence-corrected chi connectivity index (χ2v) is 7.32. The monoisotopic (exact) mass is 427 g/mol. The van der Waals surface area contributed by atoms with E-state index in [0.717, 1.165) is 30.5 Å². The zero-order valence-corrected chi connectivity index (χ0v) is 16.0. The first-order valence-electron chi connectivity index (χ1n) is 8.25. The third-order valence-electron chi connectivity index (χ3n) is 3.99. The van der Waals surface area contributed by atoms with E-state index in [1.807, 2.05) is 6.20 Å². The summed E-state index contributed by atoms with van der Waals surface area (Å²) in [6.07, 6.45) is 5.28. The van der Waals surface area contributed by atoms with Crippen molar-refractivity contribution in [3.05, 3.63) is 34.0 Å². The number of fused-ring (bicyclic) bond motifs is 1. The van der Waals surface area contributed by atoms with Gasteiger partial charge in [0, 0.05) is 39.5 Å². The number of aliphatic hydroxyl groups is 1. The van der Waals surface area contributed by atoms with E-state index in [0.29, 0.717) is 18.6 Å². The van der Waals surface area contributed by atoms with Crippen molar-refractivity contribution >= 4 is 39.2 Å². The maximum absolute atomic E-state index is 8.82. The Labute approximate surface area is 152 Å². The first-order chi connectivity index (χ1) is 11.1. The van der Waals surface area contributed by atoms with E-state index in [1.165, 1.54) is 8.96 Å². The lowest BCUT2D eigenvalue weighted by Crippen LogP contribution is -2.29. The van der Waals surface area contributed by atoms with E-state index in [4.69, 9.17) is 5.11 Å². The number of anilines is 1. The van der Waals surface area contributed by atoms with Crippen molar-refractivity contribution < 1.29 is 5.11 Å². The maximum Gasteiger partial charge on any atom is 0.0733 e. The smallest absolute Gasteiger partial charge is 0.0733 e. The van der Waals surface area contributed by atoms with Crippen LogP contribution in [0.1, 0.15) is 33.1 Å². The Bertz CT molecular complexity index is 620. The van der Waals surface area contributed by atoms with E-state index in [9.17, 15) is 0 Å². The number of aliphatic hydroxyl groups excluding tert-OH is 1. The summed E-state index contributed by atoms with van der Waals surface area (Å²) in [4.78, 5) is 4.45. The Morgan fingerprint density at radius 1 is 1.17 bits per heavy atom. The highest BCUT2D eigenvalue weighted by atomic mass is 127. The number of nitrogens with zero attached hydrogens (tertiary/aromatic N) is 1. The molecule has 0 radical (unpaired) electrons. The SMILES string of the molecule is CC(CCCC(C)Nc1ccnc2cc(I)ccc12)NCCO. The van der Waals surface area contributed by atoms with Gasteiger partial charge >= 0.3 is 0 Å². The van der Waals surface area contributed by atoms with Gasteiger partial charge in [0.15, 0.2) is 0 Å². The molecule has 0 saturated heterocycles. The fourth-order valence-corrected chi connectivity index (χ4v) is 3.20. The molecule has 0 saturated carbocycles. The number of halogens is 1. The summed E-state index contributed by atoms with van der Waals surface area (Å²) >= 11 is 2.32. The normalized spacial score (nSPS) is 13.9. The van der Waals surface area contributed by atoms with Crippen molar-refractivity contribution in [1.82, 2.24) is 10.3 Å². The van der Waals surface area contributed by atoms with Gasteiger partial charge in [-0.15, -0.1) is 0 Å². The number of benzene rings is 1. The lowest BCUT2D eigenvalue weighted by Gasteiger charge is -2.18. The second kappa shape index (κ2) is 9.39. The molecule has 2 rings (SSSR count). The fourth-order valence-electron chi connectivity index (χ4n) is 2.73. The fraction of sp³-hybridized carbons (Fsp3) is 0.500. The van der Waals surface area contributed by atoms with Gasteiger partial charge in [-0.1, -0.05) is 0 Å². The molecule has 0 fully saturated rings. The maximum atomic E-state index is 8.82. The molecule has 1 heterocycles.